The third kappa shape index (κ3) is 18.3. The molecule has 0 unspecified atom stereocenters. The first-order valence-electron chi connectivity index (χ1n) is 10.9. The van der Waals surface area contributed by atoms with Crippen molar-refractivity contribution in [1.82, 2.24) is 0 Å². The minimum absolute atomic E-state index is 0.230. The van der Waals surface area contributed by atoms with E-state index in [9.17, 15) is 0 Å². The molecule has 1 radical (unpaired) electrons. The fraction of sp³-hybridized carbons (Fsp3) is 0.955. The van der Waals surface area contributed by atoms with Crippen LogP contribution in [0.4, 0.5) is 0 Å². The quantitative estimate of drug-likeness (QED) is 0.245. The summed E-state index contributed by atoms with van der Waals surface area (Å²) in [6.45, 7) is 2.74. The second-order valence-corrected chi connectivity index (χ2v) is 7.40. The van der Waals surface area contributed by atoms with E-state index in [4.69, 9.17) is 10.2 Å². The van der Waals surface area contributed by atoms with Crippen LogP contribution >= 0.6 is 0 Å². The number of aliphatic hydroxyl groups is 2. The van der Waals surface area contributed by atoms with Crippen LogP contribution in [0.15, 0.2) is 0 Å². The van der Waals surface area contributed by atoms with Crippen molar-refractivity contribution in [2.24, 2.45) is 0 Å². The Bertz CT molecular complexity index is 212. The highest BCUT2D eigenvalue weighted by molar-refractivity contribution is 4.88. The van der Waals surface area contributed by atoms with Gasteiger partial charge in [0.05, 0.1) is 0 Å². The first-order chi connectivity index (χ1) is 11.8. The van der Waals surface area contributed by atoms with Gasteiger partial charge in [-0.05, 0) is 25.2 Å². The van der Waals surface area contributed by atoms with Crippen LogP contribution in [0.3, 0.4) is 0 Å². The average Bonchev–Trinajstić information content (AvgIpc) is 2.58. The number of unbranched alkanes of at least 4 members (excludes halogenated alkanes) is 14. The lowest BCUT2D eigenvalue weighted by molar-refractivity contribution is 0.262. The summed E-state index contributed by atoms with van der Waals surface area (Å²) in [5.74, 6) is 1.34. The van der Waals surface area contributed by atoms with E-state index in [1.807, 2.05) is 0 Å². The van der Waals surface area contributed by atoms with Crippen LogP contribution in [0.5, 0.6) is 0 Å². The molecule has 0 aliphatic heterocycles. The molecule has 0 saturated carbocycles. The average molecular weight is 342 g/mol. The summed E-state index contributed by atoms with van der Waals surface area (Å²) in [5.41, 5.74) is 0. The highest BCUT2D eigenvalue weighted by Crippen LogP contribution is 2.20. The van der Waals surface area contributed by atoms with E-state index >= 15 is 0 Å². The molecule has 0 bridgehead atoms. The second kappa shape index (κ2) is 21.0. The molecule has 2 N–H and O–H groups in total. The lowest BCUT2D eigenvalue weighted by atomic mass is 9.94. The Morgan fingerprint density at radius 1 is 0.458 bits per heavy atom. The second-order valence-electron chi connectivity index (χ2n) is 7.40. The molecule has 24 heavy (non-hydrogen) atoms. The molecular formula is C22H45O2. The highest BCUT2D eigenvalue weighted by atomic mass is 16.3. The van der Waals surface area contributed by atoms with Crippen LogP contribution < -0.4 is 0 Å². The number of aliphatic hydroxyl groups excluding tert-OH is 2. The Morgan fingerprint density at radius 2 is 0.792 bits per heavy atom. The van der Waals surface area contributed by atoms with Gasteiger partial charge >= 0.3 is 0 Å². The van der Waals surface area contributed by atoms with Crippen LogP contribution in [0.2, 0.25) is 0 Å². The van der Waals surface area contributed by atoms with E-state index < -0.39 is 0 Å². The van der Waals surface area contributed by atoms with E-state index in [0.717, 1.165) is 19.3 Å². The molecule has 0 aromatic heterocycles. The molecule has 0 heterocycles. The largest absolute Gasteiger partial charge is 0.396 e. The Hall–Kier alpha value is -0.0800. The van der Waals surface area contributed by atoms with Crippen molar-refractivity contribution in [3.8, 4) is 0 Å². The van der Waals surface area contributed by atoms with Gasteiger partial charge in [-0.3, -0.25) is 0 Å². The maximum atomic E-state index is 8.99. The lowest BCUT2D eigenvalue weighted by Crippen LogP contribution is -2.03. The van der Waals surface area contributed by atoms with Crippen LogP contribution in [0, 0.1) is 5.92 Å². The van der Waals surface area contributed by atoms with Crippen molar-refractivity contribution in [2.45, 2.75) is 122 Å². The van der Waals surface area contributed by atoms with Crippen LogP contribution in [0.25, 0.3) is 0 Å². The van der Waals surface area contributed by atoms with Gasteiger partial charge in [0.25, 0.3) is 0 Å². The van der Waals surface area contributed by atoms with Crippen LogP contribution in [-0.2, 0) is 0 Å². The normalized spacial score (nSPS) is 11.5. The molecule has 0 amide bonds. The van der Waals surface area contributed by atoms with E-state index in [0.29, 0.717) is 0 Å². The highest BCUT2D eigenvalue weighted by Gasteiger charge is 2.07. The summed E-state index contributed by atoms with van der Waals surface area (Å²) in [6, 6.07) is 0. The standard InChI is InChI=1S/C22H45O2/c1-2-3-4-5-6-7-8-9-10-11-12-13-14-15-16-17-22(18-20-23)19-21-24/h23-24H,2-21H2,1H3. The van der Waals surface area contributed by atoms with E-state index in [2.05, 4.69) is 6.92 Å². The van der Waals surface area contributed by atoms with E-state index in [1.54, 1.807) is 0 Å². The van der Waals surface area contributed by atoms with Gasteiger partial charge in [-0.1, -0.05) is 103 Å². The van der Waals surface area contributed by atoms with Crippen LogP contribution in [0.1, 0.15) is 122 Å². The fourth-order valence-corrected chi connectivity index (χ4v) is 3.44. The van der Waals surface area contributed by atoms with Crippen molar-refractivity contribution in [3.05, 3.63) is 5.92 Å². The first kappa shape index (κ1) is 23.9. The zero-order valence-corrected chi connectivity index (χ0v) is 16.5. The van der Waals surface area contributed by atoms with Crippen molar-refractivity contribution < 1.29 is 10.2 Å². The molecular weight excluding hydrogens is 296 g/mol. The molecule has 0 aromatic rings. The van der Waals surface area contributed by atoms with E-state index in [1.165, 1.54) is 102 Å². The summed E-state index contributed by atoms with van der Waals surface area (Å²) < 4.78 is 0. The van der Waals surface area contributed by atoms with Crippen molar-refractivity contribution >= 4 is 0 Å². The zero-order valence-electron chi connectivity index (χ0n) is 16.5. The molecule has 0 fully saturated rings. The zero-order chi connectivity index (χ0) is 17.7. The summed E-state index contributed by atoms with van der Waals surface area (Å²) >= 11 is 0. The predicted octanol–water partition coefficient (Wildman–Crippen LogP) is 6.59. The van der Waals surface area contributed by atoms with Gasteiger partial charge in [-0.25, -0.2) is 0 Å². The molecule has 0 aliphatic carbocycles. The summed E-state index contributed by atoms with van der Waals surface area (Å²) in [7, 11) is 0. The van der Waals surface area contributed by atoms with E-state index in [-0.39, 0.29) is 13.2 Å². The van der Waals surface area contributed by atoms with Crippen molar-refractivity contribution in [1.29, 1.82) is 0 Å². The molecule has 2 nitrogen and oxygen atoms in total. The lowest BCUT2D eigenvalue weighted by Gasteiger charge is -2.13. The molecule has 0 aliphatic rings. The first-order valence-corrected chi connectivity index (χ1v) is 10.9. The predicted molar refractivity (Wildman–Crippen MR) is 106 cm³/mol. The molecule has 0 spiro atoms. The third-order valence-electron chi connectivity index (χ3n) is 5.06. The number of hydrogen-bond donors (Lipinski definition) is 2. The number of hydrogen-bond acceptors (Lipinski definition) is 2. The molecule has 0 rings (SSSR count). The van der Waals surface area contributed by atoms with Gasteiger partial charge in [0.15, 0.2) is 0 Å². The number of rotatable bonds is 20. The topological polar surface area (TPSA) is 40.5 Å². The Kier molecular flexibility index (Phi) is 20.9. The van der Waals surface area contributed by atoms with Gasteiger partial charge in [-0.2, -0.15) is 0 Å². The minimum atomic E-state index is 0.230. The maximum Gasteiger partial charge on any atom is 0.0436 e. The van der Waals surface area contributed by atoms with Gasteiger partial charge in [0.2, 0.25) is 0 Å². The molecule has 0 aromatic carbocycles. The maximum absolute atomic E-state index is 8.99. The monoisotopic (exact) mass is 341 g/mol. The minimum Gasteiger partial charge on any atom is -0.396 e. The van der Waals surface area contributed by atoms with Gasteiger partial charge in [-0.15, -0.1) is 0 Å². The third-order valence-corrected chi connectivity index (χ3v) is 5.06. The van der Waals surface area contributed by atoms with Crippen molar-refractivity contribution in [3.63, 3.8) is 0 Å². The van der Waals surface area contributed by atoms with Gasteiger partial charge in [0, 0.05) is 13.2 Å². The fourth-order valence-electron chi connectivity index (χ4n) is 3.44. The van der Waals surface area contributed by atoms with Crippen molar-refractivity contribution in [2.75, 3.05) is 13.2 Å². The smallest absolute Gasteiger partial charge is 0.0436 e. The Morgan fingerprint density at radius 3 is 1.12 bits per heavy atom. The van der Waals surface area contributed by atoms with Crippen LogP contribution in [-0.4, -0.2) is 23.4 Å². The molecule has 0 saturated heterocycles. The molecule has 0 atom stereocenters. The molecule has 2 heteroatoms. The summed E-state index contributed by atoms with van der Waals surface area (Å²) in [6.07, 6.45) is 23.6. The summed E-state index contributed by atoms with van der Waals surface area (Å²) in [5, 5.41) is 18.0. The summed E-state index contributed by atoms with van der Waals surface area (Å²) in [4.78, 5) is 0. The Labute approximate surface area is 152 Å². The van der Waals surface area contributed by atoms with Gasteiger partial charge in [0.1, 0.15) is 0 Å². The molecule has 145 valence electrons. The Balaban J connectivity index is 3.14. The SMILES string of the molecule is CCCCCCCCCCCCCCCCC[C](CCO)CCO. The van der Waals surface area contributed by atoms with Gasteiger partial charge < -0.3 is 10.2 Å².